The van der Waals surface area contributed by atoms with Gasteiger partial charge in [0.15, 0.2) is 5.69 Å². The van der Waals surface area contributed by atoms with E-state index in [0.29, 0.717) is 11.2 Å². The number of benzene rings is 1. The molecule has 29 heavy (non-hydrogen) atoms. The topological polar surface area (TPSA) is 88.5 Å². The van der Waals surface area contributed by atoms with Crippen LogP contribution in [0, 0.1) is 0 Å². The van der Waals surface area contributed by atoms with Crippen molar-refractivity contribution in [3.63, 3.8) is 0 Å². The number of alkyl halides is 3. The summed E-state index contributed by atoms with van der Waals surface area (Å²) in [7, 11) is 1.30. The molecule has 1 aromatic carbocycles. The number of pyridine rings is 1. The fraction of sp³-hybridized carbons (Fsp3) is 0.111. The van der Waals surface area contributed by atoms with Gasteiger partial charge in [0.2, 0.25) is 0 Å². The number of hydrogen-bond donors (Lipinski definition) is 2. The van der Waals surface area contributed by atoms with Gasteiger partial charge in [-0.15, -0.1) is 0 Å². The molecule has 2 N–H and O–H groups in total. The number of aryl methyl sites for hydroxylation is 1. The molecule has 1 amide bonds. The Morgan fingerprint density at radius 3 is 2.72 bits per heavy atom. The molecule has 0 saturated carbocycles. The highest BCUT2D eigenvalue weighted by Crippen LogP contribution is 2.39. The third kappa shape index (κ3) is 3.42. The number of carbonyl (C=O) groups is 1. The van der Waals surface area contributed by atoms with Crippen molar-refractivity contribution in [3.05, 3.63) is 59.1 Å². The second kappa shape index (κ2) is 6.89. The summed E-state index contributed by atoms with van der Waals surface area (Å²) in [5.74, 6) is -0.609. The van der Waals surface area contributed by atoms with Gasteiger partial charge in [0, 0.05) is 13.2 Å². The quantitative estimate of drug-likeness (QED) is 0.517. The molecule has 0 aliphatic heterocycles. The number of amides is 1. The fourth-order valence-corrected chi connectivity index (χ4v) is 3.10. The van der Waals surface area contributed by atoms with Crippen LogP contribution in [0.2, 0.25) is 5.15 Å². The first-order valence-electron chi connectivity index (χ1n) is 8.26. The van der Waals surface area contributed by atoms with Crippen LogP contribution in [0.15, 0.2) is 42.7 Å². The lowest BCUT2D eigenvalue weighted by atomic mass is 10.1. The Balaban J connectivity index is 1.81. The minimum atomic E-state index is -4.72. The monoisotopic (exact) mass is 420 g/mol. The smallest absolute Gasteiger partial charge is 0.338 e. The molecular weight excluding hydrogens is 409 g/mol. The summed E-state index contributed by atoms with van der Waals surface area (Å²) in [4.78, 5) is 23.6. The van der Waals surface area contributed by atoms with Crippen molar-refractivity contribution in [1.82, 2.24) is 24.7 Å². The van der Waals surface area contributed by atoms with Gasteiger partial charge in [0.25, 0.3) is 5.91 Å². The van der Waals surface area contributed by atoms with E-state index in [2.05, 4.69) is 25.4 Å². The maximum absolute atomic E-state index is 13.4. The van der Waals surface area contributed by atoms with Crippen LogP contribution in [0.5, 0.6) is 0 Å². The van der Waals surface area contributed by atoms with E-state index in [9.17, 15) is 18.0 Å². The molecule has 7 nitrogen and oxygen atoms in total. The Kier molecular flexibility index (Phi) is 4.50. The molecule has 0 fully saturated rings. The van der Waals surface area contributed by atoms with Gasteiger partial charge in [-0.05, 0) is 24.3 Å². The number of nitrogens with zero attached hydrogens (tertiary/aromatic N) is 4. The number of H-pyrrole nitrogens is 1. The Labute approximate surface area is 166 Å². The molecule has 11 heteroatoms. The number of anilines is 1. The first-order chi connectivity index (χ1) is 13.8. The van der Waals surface area contributed by atoms with Crippen LogP contribution in [-0.2, 0) is 13.2 Å². The summed E-state index contributed by atoms with van der Waals surface area (Å²) in [6.45, 7) is 0. The molecule has 0 aliphatic carbocycles. The van der Waals surface area contributed by atoms with E-state index in [0.717, 1.165) is 4.68 Å². The number of aromatic nitrogens is 5. The van der Waals surface area contributed by atoms with Crippen molar-refractivity contribution in [2.75, 3.05) is 5.32 Å². The molecule has 0 aliphatic rings. The van der Waals surface area contributed by atoms with Gasteiger partial charge in [0.05, 0.1) is 28.5 Å². The first-order valence-corrected chi connectivity index (χ1v) is 8.63. The predicted molar refractivity (Wildman–Crippen MR) is 100 cm³/mol. The number of halogens is 4. The number of aromatic amines is 1. The number of fused-ring (bicyclic) bond motifs is 1. The van der Waals surface area contributed by atoms with E-state index in [-0.39, 0.29) is 27.6 Å². The van der Waals surface area contributed by atoms with E-state index in [4.69, 9.17) is 11.6 Å². The van der Waals surface area contributed by atoms with Gasteiger partial charge < -0.3 is 10.3 Å². The van der Waals surface area contributed by atoms with Gasteiger partial charge in [-0.2, -0.15) is 18.3 Å². The summed E-state index contributed by atoms with van der Waals surface area (Å²) >= 11 is 6.05. The zero-order chi connectivity index (χ0) is 20.8. The number of carbonyl (C=O) groups excluding carboxylic acids is 1. The molecule has 0 radical (unpaired) electrons. The molecular formula is C18H12ClF3N6O. The summed E-state index contributed by atoms with van der Waals surface area (Å²) < 4.78 is 41.1. The molecule has 148 valence electrons. The minimum Gasteiger partial charge on any atom is -0.338 e. The van der Waals surface area contributed by atoms with Crippen molar-refractivity contribution in [3.8, 4) is 11.4 Å². The number of hydrogen-bond acceptors (Lipinski definition) is 4. The van der Waals surface area contributed by atoms with Crippen LogP contribution in [-0.4, -0.2) is 30.6 Å². The number of imidazole rings is 1. The van der Waals surface area contributed by atoms with Crippen LogP contribution in [0.3, 0.4) is 0 Å². The van der Waals surface area contributed by atoms with Gasteiger partial charge >= 0.3 is 6.18 Å². The summed E-state index contributed by atoms with van der Waals surface area (Å²) in [5, 5.41) is 5.90. The molecule has 0 bridgehead atoms. The van der Waals surface area contributed by atoms with Crippen LogP contribution in [0.4, 0.5) is 18.9 Å². The third-order valence-corrected chi connectivity index (χ3v) is 4.59. The molecule has 4 rings (SSSR count). The van der Waals surface area contributed by atoms with Crippen molar-refractivity contribution in [1.29, 1.82) is 0 Å². The lowest BCUT2D eigenvalue weighted by Crippen LogP contribution is -2.12. The lowest BCUT2D eigenvalue weighted by molar-refractivity contribution is -0.141. The van der Waals surface area contributed by atoms with E-state index < -0.39 is 17.8 Å². The molecule has 0 saturated heterocycles. The molecule has 0 atom stereocenters. The van der Waals surface area contributed by atoms with Crippen molar-refractivity contribution < 1.29 is 18.0 Å². The number of nitrogens with one attached hydrogen (secondary N) is 2. The van der Waals surface area contributed by atoms with E-state index in [1.54, 1.807) is 30.5 Å². The summed E-state index contributed by atoms with van der Waals surface area (Å²) in [6, 6.07) is 8.04. The van der Waals surface area contributed by atoms with Crippen LogP contribution in [0.25, 0.3) is 22.4 Å². The maximum atomic E-state index is 13.4. The number of rotatable bonds is 3. The van der Waals surface area contributed by atoms with Crippen molar-refractivity contribution in [2.45, 2.75) is 6.18 Å². The zero-order valence-electron chi connectivity index (χ0n) is 14.8. The largest absolute Gasteiger partial charge is 0.435 e. The normalized spacial score (nSPS) is 11.8. The molecule has 0 unspecified atom stereocenters. The second-order valence-corrected chi connectivity index (χ2v) is 6.48. The van der Waals surface area contributed by atoms with E-state index in [1.807, 2.05) is 0 Å². The van der Waals surface area contributed by atoms with Gasteiger partial charge in [-0.1, -0.05) is 17.7 Å². The summed E-state index contributed by atoms with van der Waals surface area (Å²) in [6.07, 6.45) is -1.69. The maximum Gasteiger partial charge on any atom is 0.435 e. The molecule has 0 spiro atoms. The van der Waals surface area contributed by atoms with E-state index in [1.165, 1.54) is 19.3 Å². The lowest BCUT2D eigenvalue weighted by Gasteiger charge is -2.05. The Bertz CT molecular complexity index is 1220. The minimum absolute atomic E-state index is 0.132. The highest BCUT2D eigenvalue weighted by atomic mass is 35.5. The molecule has 4 aromatic rings. The fourth-order valence-electron chi connectivity index (χ4n) is 2.88. The van der Waals surface area contributed by atoms with Gasteiger partial charge in [0.1, 0.15) is 16.5 Å². The molecule has 3 aromatic heterocycles. The van der Waals surface area contributed by atoms with Gasteiger partial charge in [-0.25, -0.2) is 4.98 Å². The van der Waals surface area contributed by atoms with Gasteiger partial charge in [-0.3, -0.25) is 14.5 Å². The second-order valence-electron chi connectivity index (χ2n) is 6.12. The number of para-hydroxylation sites is 1. The highest BCUT2D eigenvalue weighted by Gasteiger charge is 2.40. The first kappa shape index (κ1) is 18.9. The summed E-state index contributed by atoms with van der Waals surface area (Å²) in [5.41, 5.74) is -0.298. The predicted octanol–water partition coefficient (Wildman–Crippen LogP) is 4.28. The Morgan fingerprint density at radius 1 is 1.24 bits per heavy atom. The van der Waals surface area contributed by atoms with Crippen molar-refractivity contribution in [2.24, 2.45) is 7.05 Å². The molecule has 3 heterocycles. The third-order valence-electron chi connectivity index (χ3n) is 4.16. The average molecular weight is 421 g/mol. The van der Waals surface area contributed by atoms with Crippen LogP contribution >= 0.6 is 11.6 Å². The standard InChI is InChI=1S/C18H12ClF3N6O/c1-28-15(19)12(14(27-28)18(20,21)22)16-25-11-6-2-5-10(13(11)26-16)17(29)24-9-4-3-7-23-8-9/h2-8H,1H3,(H,24,29)(H,25,26). The van der Waals surface area contributed by atoms with Crippen LogP contribution in [0.1, 0.15) is 16.1 Å². The van der Waals surface area contributed by atoms with E-state index >= 15 is 0 Å². The SMILES string of the molecule is Cn1nc(C(F)(F)F)c(-c2nc3c(C(=O)Nc4cccnc4)cccc3[nH]2)c1Cl. The zero-order valence-corrected chi connectivity index (χ0v) is 15.5. The average Bonchev–Trinajstić information content (AvgIpc) is 3.23. The van der Waals surface area contributed by atoms with Crippen LogP contribution < -0.4 is 5.32 Å². The highest BCUT2D eigenvalue weighted by molar-refractivity contribution is 6.32. The van der Waals surface area contributed by atoms with Crippen molar-refractivity contribution >= 4 is 34.2 Å². The Hall–Kier alpha value is -3.40. The Morgan fingerprint density at radius 2 is 2.03 bits per heavy atom.